The van der Waals surface area contributed by atoms with E-state index < -0.39 is 17.8 Å². The summed E-state index contributed by atoms with van der Waals surface area (Å²) in [6, 6.07) is 3.97. The third-order valence-electron chi connectivity index (χ3n) is 3.28. The summed E-state index contributed by atoms with van der Waals surface area (Å²) in [5.74, 6) is -0.810. The van der Waals surface area contributed by atoms with Gasteiger partial charge in [0.15, 0.2) is 0 Å². The summed E-state index contributed by atoms with van der Waals surface area (Å²) in [5.41, 5.74) is 0.335. The Bertz CT molecular complexity index is 568. The zero-order valence-corrected chi connectivity index (χ0v) is 11.4. The Balaban J connectivity index is 2.36. The van der Waals surface area contributed by atoms with Crippen LogP contribution in [0.2, 0.25) is 0 Å². The molecular formula is C14H15FN2O3. The molecule has 1 aromatic rings. The van der Waals surface area contributed by atoms with Gasteiger partial charge in [0, 0.05) is 31.9 Å². The molecule has 1 aromatic carbocycles. The van der Waals surface area contributed by atoms with Gasteiger partial charge in [0.2, 0.25) is 0 Å². The molecule has 0 radical (unpaired) electrons. The van der Waals surface area contributed by atoms with Gasteiger partial charge < -0.3 is 14.4 Å². The van der Waals surface area contributed by atoms with Gasteiger partial charge in [-0.25, -0.2) is 4.39 Å². The Morgan fingerprint density at radius 1 is 1.45 bits per heavy atom. The van der Waals surface area contributed by atoms with Crippen LogP contribution in [0.3, 0.4) is 0 Å². The molecule has 0 bridgehead atoms. The zero-order chi connectivity index (χ0) is 14.7. The maximum Gasteiger partial charge on any atom is 0.258 e. The molecule has 1 aliphatic heterocycles. The van der Waals surface area contributed by atoms with E-state index in [1.807, 2.05) is 6.07 Å². The van der Waals surface area contributed by atoms with Crippen LogP contribution >= 0.6 is 0 Å². The number of fused-ring (bicyclic) bond motifs is 1. The first-order valence-electron chi connectivity index (χ1n) is 6.21. The van der Waals surface area contributed by atoms with Gasteiger partial charge in [-0.1, -0.05) is 0 Å². The number of nitriles is 1. The minimum absolute atomic E-state index is 0.0326. The van der Waals surface area contributed by atoms with E-state index in [1.54, 1.807) is 13.2 Å². The van der Waals surface area contributed by atoms with E-state index in [0.717, 1.165) is 6.07 Å². The largest absolute Gasteiger partial charge is 0.497 e. The lowest BCUT2D eigenvalue weighted by Gasteiger charge is -2.19. The van der Waals surface area contributed by atoms with E-state index in [9.17, 15) is 14.4 Å². The van der Waals surface area contributed by atoms with Crippen molar-refractivity contribution in [2.45, 2.75) is 12.5 Å². The van der Waals surface area contributed by atoms with Crippen LogP contribution in [-0.4, -0.2) is 38.2 Å². The summed E-state index contributed by atoms with van der Waals surface area (Å²) in [4.78, 5) is 13.6. The van der Waals surface area contributed by atoms with E-state index in [2.05, 4.69) is 0 Å². The first-order valence-corrected chi connectivity index (χ1v) is 6.21. The highest BCUT2D eigenvalue weighted by Crippen LogP contribution is 2.37. The van der Waals surface area contributed by atoms with Gasteiger partial charge >= 0.3 is 0 Å². The fourth-order valence-electron chi connectivity index (χ4n) is 2.34. The molecule has 1 aliphatic rings. The lowest BCUT2D eigenvalue weighted by Crippen LogP contribution is -2.29. The van der Waals surface area contributed by atoms with Gasteiger partial charge in [-0.2, -0.15) is 5.26 Å². The number of halogens is 1. The van der Waals surface area contributed by atoms with E-state index in [4.69, 9.17) is 9.47 Å². The molecule has 1 heterocycles. The molecule has 0 spiro atoms. The smallest absolute Gasteiger partial charge is 0.258 e. The summed E-state index contributed by atoms with van der Waals surface area (Å²) in [7, 11) is 2.97. The molecule has 0 fully saturated rings. The Labute approximate surface area is 116 Å². The van der Waals surface area contributed by atoms with Crippen molar-refractivity contribution in [1.82, 2.24) is 4.90 Å². The fraction of sp³-hybridized carbons (Fsp3) is 0.429. The van der Waals surface area contributed by atoms with Crippen molar-refractivity contribution in [2.24, 2.45) is 0 Å². The fourth-order valence-corrected chi connectivity index (χ4v) is 2.34. The molecule has 6 heteroatoms. The van der Waals surface area contributed by atoms with Crippen molar-refractivity contribution in [1.29, 1.82) is 5.26 Å². The second-order valence-corrected chi connectivity index (χ2v) is 4.45. The van der Waals surface area contributed by atoms with Crippen LogP contribution in [-0.2, 0) is 4.74 Å². The molecule has 2 rings (SSSR count). The number of ether oxygens (including phenoxy) is 2. The highest BCUT2D eigenvalue weighted by atomic mass is 19.1. The number of methoxy groups -OCH3 is 2. The van der Waals surface area contributed by atoms with Gasteiger partial charge in [0.25, 0.3) is 5.91 Å². The maximum atomic E-state index is 14.0. The van der Waals surface area contributed by atoms with E-state index >= 15 is 0 Å². The van der Waals surface area contributed by atoms with E-state index in [1.165, 1.54) is 12.0 Å². The topological polar surface area (TPSA) is 62.6 Å². The number of hydrogen-bond acceptors (Lipinski definition) is 4. The minimum Gasteiger partial charge on any atom is -0.497 e. The van der Waals surface area contributed by atoms with Crippen molar-refractivity contribution < 1.29 is 18.7 Å². The SMILES string of the molecule is COCCCN1C(=O)c2c(F)cc(OC)cc2C1C#N. The van der Waals surface area contributed by atoms with Crippen LogP contribution < -0.4 is 4.74 Å². The van der Waals surface area contributed by atoms with Crippen molar-refractivity contribution in [3.63, 3.8) is 0 Å². The van der Waals surface area contributed by atoms with Crippen molar-refractivity contribution >= 4 is 5.91 Å². The molecule has 0 aliphatic carbocycles. The highest BCUT2D eigenvalue weighted by Gasteiger charge is 2.39. The first kappa shape index (κ1) is 14.3. The zero-order valence-electron chi connectivity index (χ0n) is 11.4. The number of amides is 1. The quantitative estimate of drug-likeness (QED) is 0.772. The summed E-state index contributed by atoms with van der Waals surface area (Å²) in [5, 5.41) is 9.27. The van der Waals surface area contributed by atoms with Crippen LogP contribution in [0, 0.1) is 17.1 Å². The van der Waals surface area contributed by atoms with E-state index in [0.29, 0.717) is 30.9 Å². The molecular weight excluding hydrogens is 263 g/mol. The first-order chi connectivity index (χ1) is 9.63. The highest BCUT2D eigenvalue weighted by molar-refractivity contribution is 6.00. The molecule has 0 saturated heterocycles. The number of nitrogens with zero attached hydrogens (tertiary/aromatic N) is 2. The van der Waals surface area contributed by atoms with Crippen molar-refractivity contribution in [3.05, 3.63) is 29.1 Å². The van der Waals surface area contributed by atoms with Gasteiger partial charge in [-0.3, -0.25) is 4.79 Å². The monoisotopic (exact) mass is 278 g/mol. The molecule has 1 unspecified atom stereocenters. The summed E-state index contributed by atoms with van der Waals surface area (Å²) >= 11 is 0. The predicted molar refractivity (Wildman–Crippen MR) is 68.8 cm³/mol. The standard InChI is InChI=1S/C14H15FN2O3/c1-19-5-3-4-17-12(8-16)10-6-9(20-2)7-11(15)13(10)14(17)18/h6-7,12H,3-5H2,1-2H3. The molecule has 20 heavy (non-hydrogen) atoms. The van der Waals surface area contributed by atoms with Crippen molar-refractivity contribution in [2.75, 3.05) is 27.4 Å². The lowest BCUT2D eigenvalue weighted by atomic mass is 10.0. The van der Waals surface area contributed by atoms with Crippen LogP contribution in [0.1, 0.15) is 28.4 Å². The third-order valence-corrected chi connectivity index (χ3v) is 3.28. The Morgan fingerprint density at radius 2 is 2.20 bits per heavy atom. The van der Waals surface area contributed by atoms with Gasteiger partial charge in [-0.15, -0.1) is 0 Å². The molecule has 1 amide bonds. The molecule has 0 saturated carbocycles. The summed E-state index contributed by atoms with van der Waals surface area (Å²) < 4.78 is 23.9. The number of hydrogen-bond donors (Lipinski definition) is 0. The van der Waals surface area contributed by atoms with Crippen LogP contribution in [0.5, 0.6) is 5.75 Å². The Morgan fingerprint density at radius 3 is 2.80 bits per heavy atom. The Kier molecular flexibility index (Phi) is 4.20. The maximum absolute atomic E-state index is 14.0. The molecule has 106 valence electrons. The second kappa shape index (κ2) is 5.88. The number of carbonyl (C=O) groups excluding carboxylic acids is 1. The van der Waals surface area contributed by atoms with Gasteiger partial charge in [0.1, 0.15) is 17.6 Å². The van der Waals surface area contributed by atoms with Crippen LogP contribution in [0.4, 0.5) is 4.39 Å². The molecule has 5 nitrogen and oxygen atoms in total. The molecule has 0 N–H and O–H groups in total. The predicted octanol–water partition coefficient (Wildman–Crippen LogP) is 1.89. The number of rotatable bonds is 5. The van der Waals surface area contributed by atoms with Crippen molar-refractivity contribution in [3.8, 4) is 11.8 Å². The second-order valence-electron chi connectivity index (χ2n) is 4.45. The third kappa shape index (κ3) is 2.32. The summed E-state index contributed by atoms with van der Waals surface area (Å²) in [6.45, 7) is 0.825. The van der Waals surface area contributed by atoms with Crippen LogP contribution in [0.15, 0.2) is 12.1 Å². The van der Waals surface area contributed by atoms with E-state index in [-0.39, 0.29) is 5.56 Å². The average Bonchev–Trinajstić information content (AvgIpc) is 2.71. The molecule has 0 aromatic heterocycles. The molecule has 1 atom stereocenters. The van der Waals surface area contributed by atoms with Gasteiger partial charge in [0.05, 0.1) is 18.7 Å². The summed E-state index contributed by atoms with van der Waals surface area (Å²) in [6.07, 6.45) is 0.590. The minimum atomic E-state index is -0.779. The normalized spacial score (nSPS) is 17.0. The average molecular weight is 278 g/mol. The van der Waals surface area contributed by atoms with Gasteiger partial charge in [-0.05, 0) is 12.5 Å². The Hall–Kier alpha value is -2.13. The lowest BCUT2D eigenvalue weighted by molar-refractivity contribution is 0.0734. The van der Waals surface area contributed by atoms with Crippen LogP contribution in [0.25, 0.3) is 0 Å². The number of carbonyl (C=O) groups is 1. The number of benzene rings is 1.